The van der Waals surface area contributed by atoms with Crippen molar-refractivity contribution < 1.29 is 19.4 Å². The Morgan fingerprint density at radius 3 is 2.53 bits per heavy atom. The van der Waals surface area contributed by atoms with E-state index in [0.717, 1.165) is 0 Å². The number of hydrogen-bond acceptors (Lipinski definition) is 3. The molecule has 19 heavy (non-hydrogen) atoms. The summed E-state index contributed by atoms with van der Waals surface area (Å²) in [6.45, 7) is 5.28. The summed E-state index contributed by atoms with van der Waals surface area (Å²) >= 11 is 5.89. The number of halogens is 1. The van der Waals surface area contributed by atoms with Gasteiger partial charge in [0.25, 0.3) is 0 Å². The molecule has 2 N–H and O–H groups in total. The van der Waals surface area contributed by atoms with Crippen molar-refractivity contribution in [3.05, 3.63) is 28.8 Å². The monoisotopic (exact) mass is 285 g/mol. The van der Waals surface area contributed by atoms with Crippen molar-refractivity contribution in [3.63, 3.8) is 0 Å². The van der Waals surface area contributed by atoms with Crippen LogP contribution < -0.4 is 5.32 Å². The van der Waals surface area contributed by atoms with E-state index < -0.39 is 17.5 Å². The molecule has 0 aliphatic carbocycles. The maximum Gasteiger partial charge on any atom is 0.337 e. The minimum absolute atomic E-state index is 0.0587. The predicted octanol–water partition coefficient (Wildman–Crippen LogP) is 2.79. The van der Waals surface area contributed by atoms with Crippen LogP contribution in [0.1, 0.15) is 31.1 Å². The van der Waals surface area contributed by atoms with Crippen LogP contribution in [0.2, 0.25) is 5.02 Å². The number of ether oxygens (including phenoxy) is 1. The molecule has 0 aliphatic heterocycles. The Morgan fingerprint density at radius 1 is 1.37 bits per heavy atom. The SMILES string of the molecule is CC(C)(C)OCC(=O)Nc1c(Cl)cccc1C(=O)O. The molecular weight excluding hydrogens is 270 g/mol. The van der Waals surface area contributed by atoms with Gasteiger partial charge < -0.3 is 15.2 Å². The summed E-state index contributed by atoms with van der Waals surface area (Å²) < 4.78 is 5.30. The first-order valence-electron chi connectivity index (χ1n) is 5.66. The molecule has 104 valence electrons. The Labute approximate surface area is 116 Å². The van der Waals surface area contributed by atoms with Crippen molar-refractivity contribution >= 4 is 29.2 Å². The van der Waals surface area contributed by atoms with Gasteiger partial charge in [-0.2, -0.15) is 0 Å². The van der Waals surface area contributed by atoms with E-state index in [4.69, 9.17) is 21.4 Å². The number of aromatic carboxylic acids is 1. The van der Waals surface area contributed by atoms with Crippen molar-refractivity contribution in [2.24, 2.45) is 0 Å². The first-order valence-corrected chi connectivity index (χ1v) is 6.04. The van der Waals surface area contributed by atoms with Crippen LogP contribution in [0.15, 0.2) is 18.2 Å². The summed E-state index contributed by atoms with van der Waals surface area (Å²) in [5.41, 5.74) is -0.427. The number of carboxylic acid groups (broad SMARTS) is 1. The number of nitrogens with one attached hydrogen (secondary N) is 1. The van der Waals surface area contributed by atoms with Crippen LogP contribution in [-0.2, 0) is 9.53 Å². The highest BCUT2D eigenvalue weighted by Gasteiger charge is 2.17. The van der Waals surface area contributed by atoms with Crippen LogP contribution in [0.5, 0.6) is 0 Å². The van der Waals surface area contributed by atoms with Gasteiger partial charge in [-0.25, -0.2) is 4.79 Å². The normalized spacial score (nSPS) is 11.2. The number of amides is 1. The quantitative estimate of drug-likeness (QED) is 0.892. The highest BCUT2D eigenvalue weighted by molar-refractivity contribution is 6.34. The van der Waals surface area contributed by atoms with Crippen molar-refractivity contribution in [3.8, 4) is 0 Å². The average Bonchev–Trinajstić information content (AvgIpc) is 2.28. The van der Waals surface area contributed by atoms with E-state index in [2.05, 4.69) is 5.32 Å². The van der Waals surface area contributed by atoms with Gasteiger partial charge in [-0.15, -0.1) is 0 Å². The van der Waals surface area contributed by atoms with Crippen molar-refractivity contribution in [2.75, 3.05) is 11.9 Å². The molecule has 1 rings (SSSR count). The minimum Gasteiger partial charge on any atom is -0.478 e. The maximum absolute atomic E-state index is 11.7. The zero-order chi connectivity index (χ0) is 14.6. The summed E-state index contributed by atoms with van der Waals surface area (Å²) in [6.07, 6.45) is 0. The molecule has 1 aromatic carbocycles. The molecule has 0 heterocycles. The van der Waals surface area contributed by atoms with Gasteiger partial charge in [-0.1, -0.05) is 17.7 Å². The standard InChI is InChI=1S/C13H16ClNO4/c1-13(2,3)19-7-10(16)15-11-8(12(17)18)5-4-6-9(11)14/h4-6H,7H2,1-3H3,(H,15,16)(H,17,18). The third kappa shape index (κ3) is 4.89. The Kier molecular flexibility index (Phi) is 4.91. The third-order valence-electron chi connectivity index (χ3n) is 2.14. The van der Waals surface area contributed by atoms with Crippen molar-refractivity contribution in [2.45, 2.75) is 26.4 Å². The summed E-state index contributed by atoms with van der Waals surface area (Å²) in [4.78, 5) is 22.7. The Bertz CT molecular complexity index is 494. The van der Waals surface area contributed by atoms with Crippen LogP contribution in [0.25, 0.3) is 0 Å². The van der Waals surface area contributed by atoms with Gasteiger partial charge in [0.05, 0.1) is 21.9 Å². The summed E-state index contributed by atoms with van der Waals surface area (Å²) in [5.74, 6) is -1.61. The lowest BCUT2D eigenvalue weighted by Gasteiger charge is -2.19. The number of carboxylic acids is 1. The van der Waals surface area contributed by atoms with Gasteiger partial charge in [0.2, 0.25) is 5.91 Å². The summed E-state index contributed by atoms with van der Waals surface area (Å²) in [7, 11) is 0. The van der Waals surface area contributed by atoms with E-state index in [-0.39, 0.29) is 22.9 Å². The molecule has 0 unspecified atom stereocenters. The molecule has 0 saturated heterocycles. The van der Waals surface area contributed by atoms with Crippen molar-refractivity contribution in [1.29, 1.82) is 0 Å². The number of para-hydroxylation sites is 1. The maximum atomic E-state index is 11.7. The van der Waals surface area contributed by atoms with Gasteiger partial charge in [-0.05, 0) is 32.9 Å². The van der Waals surface area contributed by atoms with Gasteiger partial charge in [0.15, 0.2) is 0 Å². The lowest BCUT2D eigenvalue weighted by molar-refractivity contribution is -0.125. The van der Waals surface area contributed by atoms with Gasteiger partial charge in [-0.3, -0.25) is 4.79 Å². The number of carbonyl (C=O) groups is 2. The highest BCUT2D eigenvalue weighted by atomic mass is 35.5. The Morgan fingerprint density at radius 2 is 2.00 bits per heavy atom. The zero-order valence-corrected chi connectivity index (χ0v) is 11.7. The van der Waals surface area contributed by atoms with E-state index >= 15 is 0 Å². The van der Waals surface area contributed by atoms with E-state index in [1.165, 1.54) is 18.2 Å². The van der Waals surface area contributed by atoms with Crippen LogP contribution in [0.4, 0.5) is 5.69 Å². The zero-order valence-electron chi connectivity index (χ0n) is 11.0. The lowest BCUT2D eigenvalue weighted by Crippen LogP contribution is -2.27. The number of carbonyl (C=O) groups excluding carboxylic acids is 1. The Balaban J connectivity index is 2.82. The van der Waals surface area contributed by atoms with Crippen LogP contribution >= 0.6 is 11.6 Å². The van der Waals surface area contributed by atoms with E-state index in [0.29, 0.717) is 0 Å². The number of benzene rings is 1. The molecule has 0 fully saturated rings. The fourth-order valence-electron chi connectivity index (χ4n) is 1.29. The first-order chi connectivity index (χ1) is 8.70. The highest BCUT2D eigenvalue weighted by Crippen LogP contribution is 2.26. The largest absolute Gasteiger partial charge is 0.478 e. The van der Waals surface area contributed by atoms with Crippen molar-refractivity contribution in [1.82, 2.24) is 0 Å². The van der Waals surface area contributed by atoms with E-state index in [9.17, 15) is 9.59 Å². The molecule has 6 heteroatoms. The summed E-state index contributed by atoms with van der Waals surface area (Å²) in [5, 5.41) is 11.6. The molecular formula is C13H16ClNO4. The smallest absolute Gasteiger partial charge is 0.337 e. The number of hydrogen-bond donors (Lipinski definition) is 2. The van der Waals surface area contributed by atoms with Gasteiger partial charge in [0, 0.05) is 0 Å². The molecule has 0 radical (unpaired) electrons. The lowest BCUT2D eigenvalue weighted by atomic mass is 10.1. The second-order valence-electron chi connectivity index (χ2n) is 4.92. The minimum atomic E-state index is -1.16. The van der Waals surface area contributed by atoms with E-state index in [1.54, 1.807) is 0 Å². The average molecular weight is 286 g/mol. The van der Waals surface area contributed by atoms with Crippen LogP contribution in [-0.4, -0.2) is 29.2 Å². The van der Waals surface area contributed by atoms with E-state index in [1.807, 2.05) is 20.8 Å². The number of anilines is 1. The van der Waals surface area contributed by atoms with Crippen LogP contribution in [0.3, 0.4) is 0 Å². The third-order valence-corrected chi connectivity index (χ3v) is 2.46. The predicted molar refractivity (Wildman–Crippen MR) is 72.7 cm³/mol. The second kappa shape index (κ2) is 6.04. The molecule has 0 aliphatic rings. The molecule has 1 amide bonds. The van der Waals surface area contributed by atoms with Gasteiger partial charge >= 0.3 is 5.97 Å². The fraction of sp³-hybridized carbons (Fsp3) is 0.385. The molecule has 0 atom stereocenters. The fourth-order valence-corrected chi connectivity index (χ4v) is 1.51. The molecule has 5 nitrogen and oxygen atoms in total. The first kappa shape index (κ1) is 15.5. The topological polar surface area (TPSA) is 75.6 Å². The molecule has 0 aromatic heterocycles. The second-order valence-corrected chi connectivity index (χ2v) is 5.32. The number of rotatable bonds is 4. The molecule has 0 spiro atoms. The van der Waals surface area contributed by atoms with Gasteiger partial charge in [0.1, 0.15) is 6.61 Å². The molecule has 0 saturated carbocycles. The molecule has 1 aromatic rings. The Hall–Kier alpha value is -1.59. The summed E-state index contributed by atoms with van der Waals surface area (Å²) in [6, 6.07) is 4.38. The molecule has 0 bridgehead atoms. The van der Waals surface area contributed by atoms with Crippen LogP contribution in [0, 0.1) is 0 Å².